The third-order valence-electron chi connectivity index (χ3n) is 4.72. The van der Waals surface area contributed by atoms with Crippen molar-refractivity contribution >= 4 is 23.6 Å². The highest BCUT2D eigenvalue weighted by Gasteiger charge is 2.41. The smallest absolute Gasteiger partial charge is 0.320 e. The van der Waals surface area contributed by atoms with E-state index in [1.54, 1.807) is 6.21 Å². The summed E-state index contributed by atoms with van der Waals surface area (Å²) in [7, 11) is 0. The first kappa shape index (κ1) is 22.4. The number of nitrogens with one attached hydrogen (secondary N) is 2. The zero-order valence-electron chi connectivity index (χ0n) is 17.3. The lowest BCUT2D eigenvalue weighted by atomic mass is 10.1. The van der Waals surface area contributed by atoms with Crippen molar-refractivity contribution in [3.8, 4) is 17.8 Å². The number of nitriles is 2. The van der Waals surface area contributed by atoms with Gasteiger partial charge in [-0.15, -0.1) is 0 Å². The second kappa shape index (κ2) is 8.61. The number of pyridine rings is 2. The number of hydrazone groups is 1. The van der Waals surface area contributed by atoms with Gasteiger partial charge in [0.25, 0.3) is 5.91 Å². The van der Waals surface area contributed by atoms with Crippen LogP contribution in [0.3, 0.4) is 0 Å². The molecule has 0 aliphatic carbocycles. The molecule has 34 heavy (non-hydrogen) atoms. The van der Waals surface area contributed by atoms with Crippen molar-refractivity contribution in [3.63, 3.8) is 0 Å². The van der Waals surface area contributed by atoms with Crippen molar-refractivity contribution in [2.45, 2.75) is 13.1 Å². The summed E-state index contributed by atoms with van der Waals surface area (Å²) in [4.78, 5) is 20.8. The number of anilines is 2. The van der Waals surface area contributed by atoms with E-state index < -0.39 is 23.3 Å². The molecule has 0 aromatic carbocycles. The number of carbonyl (C=O) groups excluding carboxylic acids is 1. The van der Waals surface area contributed by atoms with Gasteiger partial charge in [-0.3, -0.25) is 9.78 Å². The van der Waals surface area contributed by atoms with Crippen LogP contribution in [-0.4, -0.2) is 38.4 Å². The van der Waals surface area contributed by atoms with E-state index in [4.69, 9.17) is 0 Å². The fourth-order valence-corrected chi connectivity index (χ4v) is 3.23. The van der Waals surface area contributed by atoms with Crippen LogP contribution in [0.5, 0.6) is 0 Å². The molecule has 2 N–H and O–H groups in total. The van der Waals surface area contributed by atoms with Crippen molar-refractivity contribution < 1.29 is 18.0 Å². The molecular weight excluding hydrogens is 453 g/mol. The van der Waals surface area contributed by atoms with Gasteiger partial charge in [0, 0.05) is 12.4 Å². The summed E-state index contributed by atoms with van der Waals surface area (Å²) in [5.74, 6) is -0.964. The number of hydrogen-bond acceptors (Lipinski definition) is 9. The van der Waals surface area contributed by atoms with Gasteiger partial charge >= 0.3 is 6.18 Å². The molecule has 1 amide bonds. The molecule has 0 saturated carbocycles. The molecule has 4 rings (SSSR count). The number of aryl methyl sites for hydroxylation is 1. The van der Waals surface area contributed by atoms with Crippen molar-refractivity contribution in [2.75, 3.05) is 17.0 Å². The Kier molecular flexibility index (Phi) is 5.66. The lowest BCUT2D eigenvalue weighted by Crippen LogP contribution is -2.29. The quantitative estimate of drug-likeness (QED) is 0.595. The van der Waals surface area contributed by atoms with E-state index >= 15 is 0 Å². The number of hydrogen-bond donors (Lipinski definition) is 2. The zero-order chi connectivity index (χ0) is 24.5. The summed E-state index contributed by atoms with van der Waals surface area (Å²) in [5.41, 5.74) is 0.642. The summed E-state index contributed by atoms with van der Waals surface area (Å²) in [6, 6.07) is 6.17. The normalized spacial score (nSPS) is 12.9. The largest absolute Gasteiger partial charge is 0.434 e. The summed E-state index contributed by atoms with van der Waals surface area (Å²) in [6.07, 6.45) is -0.251. The Balaban J connectivity index is 1.72. The van der Waals surface area contributed by atoms with Gasteiger partial charge in [-0.1, -0.05) is 0 Å². The minimum Gasteiger partial charge on any atom is -0.320 e. The maximum Gasteiger partial charge on any atom is 0.434 e. The van der Waals surface area contributed by atoms with Gasteiger partial charge in [-0.05, 0) is 19.1 Å². The van der Waals surface area contributed by atoms with Crippen molar-refractivity contribution in [3.05, 3.63) is 58.8 Å². The van der Waals surface area contributed by atoms with E-state index in [1.165, 1.54) is 36.6 Å². The molecule has 0 atom stereocenters. The van der Waals surface area contributed by atoms with Crippen LogP contribution in [-0.2, 0) is 6.18 Å². The number of rotatable bonds is 4. The Morgan fingerprint density at radius 2 is 2.03 bits per heavy atom. The summed E-state index contributed by atoms with van der Waals surface area (Å²) in [6.45, 7) is 1.90. The standard InChI is InChI=1S/C20H13F3N10O/c1-11-14(8-25)16(2-3-26-11)32-17(20(21,22)23)15(10-30-32)19(34)31-13-6-12(7-24)18(27-9-13)33-28-4-5-29-33/h2-4,6,9-10,29H,5H2,1H3,(H,31,34). The third-order valence-corrected chi connectivity index (χ3v) is 4.72. The van der Waals surface area contributed by atoms with Gasteiger partial charge in [0.2, 0.25) is 0 Å². The molecule has 0 saturated heterocycles. The lowest BCUT2D eigenvalue weighted by Gasteiger charge is -2.15. The highest BCUT2D eigenvalue weighted by Crippen LogP contribution is 2.35. The van der Waals surface area contributed by atoms with E-state index in [1.807, 2.05) is 12.1 Å². The van der Waals surface area contributed by atoms with E-state index in [0.29, 0.717) is 11.2 Å². The SMILES string of the molecule is Cc1nccc(-n2ncc(C(=O)Nc3cnc(N4N=CCN4)c(C#N)c3)c2C(F)(F)F)c1C#N. The van der Waals surface area contributed by atoms with Gasteiger partial charge in [0.05, 0.1) is 47.1 Å². The van der Waals surface area contributed by atoms with Crippen LogP contribution < -0.4 is 15.9 Å². The van der Waals surface area contributed by atoms with Crippen molar-refractivity contribution in [1.82, 2.24) is 25.2 Å². The van der Waals surface area contributed by atoms with Crippen molar-refractivity contribution in [1.29, 1.82) is 10.5 Å². The maximum absolute atomic E-state index is 14.0. The van der Waals surface area contributed by atoms with Crippen LogP contribution in [0.25, 0.3) is 5.69 Å². The van der Waals surface area contributed by atoms with Gasteiger partial charge in [0.15, 0.2) is 11.5 Å². The molecule has 11 nitrogen and oxygen atoms in total. The Hall–Kier alpha value is -4.82. The number of halogens is 3. The van der Waals surface area contributed by atoms with Gasteiger partial charge in [0.1, 0.15) is 17.7 Å². The molecule has 3 aromatic rings. The Morgan fingerprint density at radius 1 is 1.24 bits per heavy atom. The average molecular weight is 466 g/mol. The molecule has 170 valence electrons. The summed E-state index contributed by atoms with van der Waals surface area (Å²) in [5, 5.41) is 30.0. The molecule has 4 heterocycles. The molecule has 1 aliphatic rings. The lowest BCUT2D eigenvalue weighted by molar-refractivity contribution is -0.143. The van der Waals surface area contributed by atoms with Crippen LogP contribution in [0.2, 0.25) is 0 Å². The van der Waals surface area contributed by atoms with E-state index in [9.17, 15) is 28.5 Å². The first-order valence-corrected chi connectivity index (χ1v) is 9.53. The van der Waals surface area contributed by atoms with Crippen LogP contribution in [0.15, 0.2) is 35.8 Å². The number of hydrazine groups is 1. The number of nitrogens with zero attached hydrogens (tertiary/aromatic N) is 8. The molecule has 3 aromatic heterocycles. The molecule has 1 aliphatic heterocycles. The van der Waals surface area contributed by atoms with Gasteiger partial charge in [-0.2, -0.15) is 39.0 Å². The predicted molar refractivity (Wildman–Crippen MR) is 112 cm³/mol. The van der Waals surface area contributed by atoms with Crippen LogP contribution in [0.1, 0.15) is 32.9 Å². The Labute approximate surface area is 189 Å². The Morgan fingerprint density at radius 3 is 2.68 bits per heavy atom. The van der Waals surface area contributed by atoms with E-state index in [2.05, 4.69) is 30.9 Å². The van der Waals surface area contributed by atoms with Crippen LogP contribution in [0.4, 0.5) is 24.7 Å². The van der Waals surface area contributed by atoms with Crippen LogP contribution in [0, 0.1) is 29.6 Å². The number of alkyl halides is 3. The molecule has 0 unspecified atom stereocenters. The highest BCUT2D eigenvalue weighted by molar-refractivity contribution is 6.05. The number of aromatic nitrogens is 4. The minimum absolute atomic E-state index is 0.00757. The van der Waals surface area contributed by atoms with Gasteiger partial charge in [-0.25, -0.2) is 15.1 Å². The average Bonchev–Trinajstić information content (AvgIpc) is 3.49. The zero-order valence-corrected chi connectivity index (χ0v) is 17.3. The second-order valence-electron chi connectivity index (χ2n) is 6.85. The topological polar surface area (TPSA) is 148 Å². The fourth-order valence-electron chi connectivity index (χ4n) is 3.23. The maximum atomic E-state index is 14.0. The predicted octanol–water partition coefficient (Wildman–Crippen LogP) is 2.30. The number of amides is 1. The third kappa shape index (κ3) is 4.01. The monoisotopic (exact) mass is 466 g/mol. The first-order valence-electron chi connectivity index (χ1n) is 9.53. The Bertz CT molecular complexity index is 1400. The molecule has 14 heteroatoms. The molecule has 0 spiro atoms. The fraction of sp³-hybridized carbons (Fsp3) is 0.150. The van der Waals surface area contributed by atoms with E-state index in [-0.39, 0.29) is 34.0 Å². The highest BCUT2D eigenvalue weighted by atomic mass is 19.4. The molecule has 0 radical (unpaired) electrons. The summed E-state index contributed by atoms with van der Waals surface area (Å²) >= 11 is 0. The molecule has 0 bridgehead atoms. The molecular formula is C20H13F3N10O. The van der Waals surface area contributed by atoms with Gasteiger partial charge < -0.3 is 5.32 Å². The second-order valence-corrected chi connectivity index (χ2v) is 6.85. The van der Waals surface area contributed by atoms with Crippen molar-refractivity contribution in [2.24, 2.45) is 5.10 Å². The minimum atomic E-state index is -4.98. The molecule has 0 fully saturated rings. The first-order chi connectivity index (χ1) is 16.2. The summed E-state index contributed by atoms with van der Waals surface area (Å²) < 4.78 is 42.4. The number of carbonyl (C=O) groups is 1. The van der Waals surface area contributed by atoms with Crippen LogP contribution >= 0.6 is 0 Å². The van der Waals surface area contributed by atoms with E-state index in [0.717, 1.165) is 6.20 Å².